The summed E-state index contributed by atoms with van der Waals surface area (Å²) in [4.78, 5) is 26.0. The maximum Gasteiger partial charge on any atom is 0.273 e. The maximum atomic E-state index is 13.2. The zero-order chi connectivity index (χ0) is 19.5. The molecule has 1 aliphatic heterocycles. The minimum Gasteiger partial charge on any atom is -0.492 e. The number of ether oxygens (including phenoxy) is 1. The zero-order valence-electron chi connectivity index (χ0n) is 16.4. The molecule has 0 unspecified atom stereocenters. The lowest BCUT2D eigenvalue weighted by Crippen LogP contribution is -2.49. The number of carbonyl (C=O) groups is 1. The summed E-state index contributed by atoms with van der Waals surface area (Å²) in [5, 5.41) is 0. The second-order valence-corrected chi connectivity index (χ2v) is 7.24. The van der Waals surface area contributed by atoms with E-state index in [0.717, 1.165) is 61.5 Å². The van der Waals surface area contributed by atoms with Crippen LogP contribution in [0.3, 0.4) is 0 Å². The van der Waals surface area contributed by atoms with Crippen LogP contribution < -0.4 is 15.4 Å². The predicted molar refractivity (Wildman–Crippen MR) is 109 cm³/mol. The van der Waals surface area contributed by atoms with Crippen LogP contribution in [-0.4, -0.2) is 53.6 Å². The fourth-order valence-corrected chi connectivity index (χ4v) is 4.09. The minimum absolute atomic E-state index is 0.0232. The van der Waals surface area contributed by atoms with Crippen molar-refractivity contribution in [3.8, 4) is 5.75 Å². The molecule has 2 heterocycles. The normalized spacial score (nSPS) is 16.6. The highest BCUT2D eigenvalue weighted by Crippen LogP contribution is 2.29. The number of hydrogen-bond donors (Lipinski definition) is 1. The van der Waals surface area contributed by atoms with Crippen LogP contribution in [0.1, 0.15) is 41.5 Å². The summed E-state index contributed by atoms with van der Waals surface area (Å²) in [7, 11) is 0. The number of nitrogen functional groups attached to an aromatic ring is 1. The lowest BCUT2D eigenvalue weighted by Gasteiger charge is -2.37. The number of nitrogens with zero attached hydrogens (tertiary/aromatic N) is 4. The van der Waals surface area contributed by atoms with E-state index in [4.69, 9.17) is 10.5 Å². The number of rotatable bonds is 4. The molecule has 1 aromatic heterocycles. The molecule has 1 aliphatic carbocycles. The quantitative estimate of drug-likeness (QED) is 0.875. The highest BCUT2D eigenvalue weighted by Gasteiger charge is 2.28. The van der Waals surface area contributed by atoms with Gasteiger partial charge in [0, 0.05) is 37.4 Å². The zero-order valence-corrected chi connectivity index (χ0v) is 16.4. The summed E-state index contributed by atoms with van der Waals surface area (Å²) in [5.74, 6) is 1.07. The third-order valence-corrected chi connectivity index (χ3v) is 5.48. The maximum absolute atomic E-state index is 13.2. The Morgan fingerprint density at radius 2 is 1.86 bits per heavy atom. The topological polar surface area (TPSA) is 84.6 Å². The van der Waals surface area contributed by atoms with E-state index in [2.05, 4.69) is 20.9 Å². The second-order valence-electron chi connectivity index (χ2n) is 7.24. The number of fused-ring (bicyclic) bond motifs is 1. The van der Waals surface area contributed by atoms with Gasteiger partial charge in [-0.3, -0.25) is 4.79 Å². The fraction of sp³-hybridized carbons (Fsp3) is 0.476. The molecule has 1 saturated heterocycles. The van der Waals surface area contributed by atoms with Crippen LogP contribution in [0, 0.1) is 0 Å². The van der Waals surface area contributed by atoms with Crippen LogP contribution in [0.25, 0.3) is 0 Å². The third kappa shape index (κ3) is 3.61. The molecule has 4 rings (SSSR count). The van der Waals surface area contributed by atoms with Gasteiger partial charge in [-0.15, -0.1) is 0 Å². The molecule has 28 heavy (non-hydrogen) atoms. The van der Waals surface area contributed by atoms with Gasteiger partial charge in [-0.1, -0.05) is 12.1 Å². The molecule has 1 amide bonds. The van der Waals surface area contributed by atoms with Crippen LogP contribution in [-0.2, 0) is 12.8 Å². The van der Waals surface area contributed by atoms with Gasteiger partial charge in [-0.05, 0) is 44.7 Å². The van der Waals surface area contributed by atoms with E-state index in [-0.39, 0.29) is 11.9 Å². The Bertz CT molecular complexity index is 862. The lowest BCUT2D eigenvalue weighted by atomic mass is 9.94. The summed E-state index contributed by atoms with van der Waals surface area (Å²) in [6.07, 6.45) is 3.90. The molecule has 2 aliphatic rings. The summed E-state index contributed by atoms with van der Waals surface area (Å²) in [5.41, 5.74) is 9.41. The number of benzene rings is 1. The minimum atomic E-state index is -0.0232. The Morgan fingerprint density at radius 1 is 1.11 bits per heavy atom. The first kappa shape index (κ1) is 18.5. The van der Waals surface area contributed by atoms with E-state index in [0.29, 0.717) is 25.4 Å². The summed E-state index contributed by atoms with van der Waals surface area (Å²) in [6.45, 7) is 5.45. The van der Waals surface area contributed by atoms with Crippen molar-refractivity contribution in [2.75, 3.05) is 43.4 Å². The molecular weight excluding hydrogens is 354 g/mol. The average molecular weight is 381 g/mol. The molecule has 0 spiro atoms. The third-order valence-electron chi connectivity index (χ3n) is 5.48. The van der Waals surface area contributed by atoms with Crippen molar-refractivity contribution in [3.63, 3.8) is 0 Å². The number of nitrogens with two attached hydrogens (primary N) is 1. The highest BCUT2D eigenvalue weighted by atomic mass is 16.5. The largest absolute Gasteiger partial charge is 0.492 e. The fourth-order valence-electron chi connectivity index (χ4n) is 4.09. The van der Waals surface area contributed by atoms with Crippen LogP contribution >= 0.6 is 0 Å². The predicted octanol–water partition coefficient (Wildman–Crippen LogP) is 2.30. The van der Waals surface area contributed by atoms with Gasteiger partial charge in [-0.2, -0.15) is 0 Å². The van der Waals surface area contributed by atoms with Crippen molar-refractivity contribution in [1.29, 1.82) is 0 Å². The van der Waals surface area contributed by atoms with Crippen molar-refractivity contribution < 1.29 is 9.53 Å². The van der Waals surface area contributed by atoms with Crippen LogP contribution in [0.15, 0.2) is 24.3 Å². The van der Waals surface area contributed by atoms with Gasteiger partial charge in [0.05, 0.1) is 12.3 Å². The molecular formula is C21H27N5O2. The van der Waals surface area contributed by atoms with E-state index in [9.17, 15) is 4.79 Å². The second kappa shape index (κ2) is 8.04. The summed E-state index contributed by atoms with van der Waals surface area (Å²) >= 11 is 0. The number of amides is 1. The average Bonchev–Trinajstić information content (AvgIpc) is 2.73. The number of anilines is 2. The molecule has 0 bridgehead atoms. The summed E-state index contributed by atoms with van der Waals surface area (Å²) in [6, 6.07) is 8.07. The van der Waals surface area contributed by atoms with Gasteiger partial charge in [0.1, 0.15) is 11.4 Å². The first-order valence-electron chi connectivity index (χ1n) is 10.1. The van der Waals surface area contributed by atoms with Gasteiger partial charge < -0.3 is 20.3 Å². The van der Waals surface area contributed by atoms with E-state index in [1.54, 1.807) is 0 Å². The number of hydrogen-bond acceptors (Lipinski definition) is 6. The van der Waals surface area contributed by atoms with Crippen LogP contribution in [0.5, 0.6) is 5.75 Å². The summed E-state index contributed by atoms with van der Waals surface area (Å²) < 4.78 is 5.76. The first-order valence-corrected chi connectivity index (χ1v) is 10.1. The standard InChI is InChI=1S/C21H27N5O2/c1-2-28-18-10-6-5-9-17(18)25-11-13-26(14-12-25)20(27)19-15-7-3-4-8-16(15)23-21(22)24-19/h5-6,9-10H,2-4,7-8,11-14H2,1H3,(H2,22,23,24). The van der Waals surface area contributed by atoms with Gasteiger partial charge in [0.2, 0.25) is 5.95 Å². The molecule has 7 nitrogen and oxygen atoms in total. The first-order chi connectivity index (χ1) is 13.7. The molecule has 2 aromatic rings. The highest BCUT2D eigenvalue weighted by molar-refractivity contribution is 5.94. The van der Waals surface area contributed by atoms with E-state index >= 15 is 0 Å². The number of carbonyl (C=O) groups excluding carboxylic acids is 1. The lowest BCUT2D eigenvalue weighted by molar-refractivity contribution is 0.0739. The Morgan fingerprint density at radius 3 is 2.64 bits per heavy atom. The number of aromatic nitrogens is 2. The van der Waals surface area contributed by atoms with Crippen LogP contribution in [0.4, 0.5) is 11.6 Å². The van der Waals surface area contributed by atoms with Gasteiger partial charge in [0.15, 0.2) is 0 Å². The monoisotopic (exact) mass is 381 g/mol. The molecule has 1 aromatic carbocycles. The molecule has 2 N–H and O–H groups in total. The Balaban J connectivity index is 1.49. The smallest absolute Gasteiger partial charge is 0.273 e. The number of piperazine rings is 1. The molecule has 1 fully saturated rings. The van der Waals surface area contributed by atoms with Crippen molar-refractivity contribution >= 4 is 17.5 Å². The molecule has 0 saturated carbocycles. The van der Waals surface area contributed by atoms with Crippen molar-refractivity contribution in [2.24, 2.45) is 0 Å². The molecule has 0 radical (unpaired) electrons. The Hall–Kier alpha value is -2.83. The Labute approximate surface area is 165 Å². The van der Waals surface area contributed by atoms with Crippen molar-refractivity contribution in [1.82, 2.24) is 14.9 Å². The van der Waals surface area contributed by atoms with Gasteiger partial charge >= 0.3 is 0 Å². The molecule has 7 heteroatoms. The van der Waals surface area contributed by atoms with Gasteiger partial charge in [0.25, 0.3) is 5.91 Å². The van der Waals surface area contributed by atoms with Crippen molar-refractivity contribution in [2.45, 2.75) is 32.6 Å². The van der Waals surface area contributed by atoms with Crippen molar-refractivity contribution in [3.05, 3.63) is 41.2 Å². The SMILES string of the molecule is CCOc1ccccc1N1CCN(C(=O)c2nc(N)nc3c2CCCC3)CC1. The number of para-hydroxylation sites is 2. The van der Waals surface area contributed by atoms with E-state index < -0.39 is 0 Å². The molecule has 148 valence electrons. The van der Waals surface area contributed by atoms with E-state index in [1.165, 1.54) is 0 Å². The van der Waals surface area contributed by atoms with Gasteiger partial charge in [-0.25, -0.2) is 9.97 Å². The van der Waals surface area contributed by atoms with E-state index in [1.807, 2.05) is 30.0 Å². The Kier molecular flexibility index (Phi) is 5.32. The molecule has 0 atom stereocenters. The number of aryl methyl sites for hydroxylation is 1. The van der Waals surface area contributed by atoms with Crippen LogP contribution in [0.2, 0.25) is 0 Å².